The molecule has 3 aromatic heterocycles. The van der Waals surface area contributed by atoms with E-state index >= 15 is 4.39 Å². The molecular weight excluding hydrogens is 585 g/mol. The highest BCUT2D eigenvalue weighted by molar-refractivity contribution is 6.01. The largest absolute Gasteiger partial charge is 0.494 e. The number of fused-ring (bicyclic) bond motifs is 5. The van der Waals surface area contributed by atoms with Crippen molar-refractivity contribution in [2.45, 2.75) is 50.7 Å². The Kier molecular flexibility index (Phi) is 5.90. The summed E-state index contributed by atoms with van der Waals surface area (Å²) in [5, 5.41) is 3.64. The van der Waals surface area contributed by atoms with Crippen LogP contribution < -0.4 is 15.8 Å². The number of aromatic nitrogens is 4. The van der Waals surface area contributed by atoms with E-state index in [9.17, 15) is 9.59 Å². The normalized spacial score (nSPS) is 21.9. The number of nitrogens with zero attached hydrogens (tertiary/aromatic N) is 5. The number of pyridine rings is 1. The molecule has 3 unspecified atom stereocenters. The minimum absolute atomic E-state index is 0.0337. The van der Waals surface area contributed by atoms with Crippen molar-refractivity contribution >= 4 is 39.6 Å². The number of hydrogen-bond donors (Lipinski definition) is 2. The summed E-state index contributed by atoms with van der Waals surface area (Å²) in [6.45, 7) is 1.46. The van der Waals surface area contributed by atoms with Gasteiger partial charge in [0.05, 0.1) is 30.4 Å². The number of ether oxygens (including phenoxy) is 1. The molecule has 2 saturated carbocycles. The zero-order valence-electron chi connectivity index (χ0n) is 25.7. The number of aryl methyl sites for hydroxylation is 1. The molecule has 2 aromatic carbocycles. The van der Waals surface area contributed by atoms with Crippen LogP contribution in [0.5, 0.6) is 5.75 Å². The van der Waals surface area contributed by atoms with Gasteiger partial charge < -0.3 is 29.8 Å². The number of methoxy groups -OCH3 is 1. The Morgan fingerprint density at radius 2 is 1.96 bits per heavy atom. The summed E-state index contributed by atoms with van der Waals surface area (Å²) in [6.07, 6.45) is 4.53. The predicted molar refractivity (Wildman–Crippen MR) is 172 cm³/mol. The molecule has 0 radical (unpaired) electrons. The van der Waals surface area contributed by atoms with Crippen LogP contribution >= 0.6 is 0 Å². The van der Waals surface area contributed by atoms with Crippen molar-refractivity contribution in [2.24, 2.45) is 24.6 Å². The van der Waals surface area contributed by atoms with Gasteiger partial charge in [0.15, 0.2) is 5.82 Å². The number of halogens is 1. The number of anilines is 1. The van der Waals surface area contributed by atoms with Crippen molar-refractivity contribution in [1.29, 1.82) is 0 Å². The van der Waals surface area contributed by atoms with Crippen LogP contribution in [0.4, 0.5) is 10.1 Å². The minimum atomic E-state index is -0.426. The first-order chi connectivity index (χ1) is 22.3. The number of nitrogens with two attached hydrogens (primary N) is 1. The van der Waals surface area contributed by atoms with Gasteiger partial charge in [0.2, 0.25) is 5.91 Å². The van der Waals surface area contributed by atoms with E-state index in [2.05, 4.69) is 16.0 Å². The van der Waals surface area contributed by atoms with Crippen molar-refractivity contribution < 1.29 is 18.7 Å². The molecule has 2 amide bonds. The topological polar surface area (TPSA) is 120 Å². The summed E-state index contributed by atoms with van der Waals surface area (Å²) in [6, 6.07) is 12.8. The molecular formula is C35H34FN7O3. The van der Waals surface area contributed by atoms with Crippen LogP contribution in [-0.4, -0.2) is 61.6 Å². The fourth-order valence-electron chi connectivity index (χ4n) is 7.92. The van der Waals surface area contributed by atoms with Gasteiger partial charge in [-0.25, -0.2) is 14.4 Å². The molecule has 9 rings (SSSR count). The van der Waals surface area contributed by atoms with E-state index in [1.807, 2.05) is 40.8 Å². The van der Waals surface area contributed by atoms with Gasteiger partial charge in [-0.05, 0) is 85.5 Å². The van der Waals surface area contributed by atoms with Gasteiger partial charge in [-0.3, -0.25) is 9.59 Å². The smallest absolute Gasteiger partial charge is 0.254 e. The number of amides is 2. The van der Waals surface area contributed by atoms with Crippen LogP contribution in [0.25, 0.3) is 44.8 Å². The van der Waals surface area contributed by atoms with Crippen molar-refractivity contribution in [3.8, 4) is 28.5 Å². The van der Waals surface area contributed by atoms with E-state index in [0.29, 0.717) is 52.2 Å². The summed E-state index contributed by atoms with van der Waals surface area (Å²) in [7, 11) is 3.57. The standard InChI is InChI=1S/C35H34FN7O3/c1-41-32-26(10-21(12-29(32)46-2)35(45)43-16-19-6-8-27(43)31(19)37)40-34(41)28-11-18-5-7-24(39-33(18)42(28)15-17-3-4-17)22-9-20-13-30(44)38-25(20)14-23(22)36/h5,7,9-12,14,17,19,27,31H,3-4,6,8,13,15-16,37H2,1-2H3,(H,38,44). The molecule has 4 aliphatic rings. The number of rotatable bonds is 6. The van der Waals surface area contributed by atoms with E-state index in [0.717, 1.165) is 65.9 Å². The third-order valence-electron chi connectivity index (χ3n) is 10.5. The number of nitrogens with one attached hydrogen (secondary N) is 1. The van der Waals surface area contributed by atoms with Crippen LogP contribution in [0.3, 0.4) is 0 Å². The SMILES string of the molecule is COc1cc(C(=O)N2CC3CCC2C3N)cc2nc(-c3cc4ccc(-c5cc6c(cc5F)NC(=O)C6)nc4n3CC3CC3)n(C)c12. The Balaban J connectivity index is 1.15. The maximum atomic E-state index is 15.3. The first-order valence-corrected chi connectivity index (χ1v) is 16.0. The first kappa shape index (κ1) is 27.5. The van der Waals surface area contributed by atoms with Crippen LogP contribution in [-0.2, 0) is 24.8 Å². The fraction of sp³-hybridized carbons (Fsp3) is 0.371. The van der Waals surface area contributed by atoms with E-state index < -0.39 is 5.82 Å². The summed E-state index contributed by atoms with van der Waals surface area (Å²) in [5.41, 5.74) is 12.3. The molecule has 0 spiro atoms. The average molecular weight is 620 g/mol. The maximum absolute atomic E-state index is 15.3. The van der Waals surface area contributed by atoms with Gasteiger partial charge in [0.1, 0.15) is 22.7 Å². The Morgan fingerprint density at radius 1 is 1.11 bits per heavy atom. The monoisotopic (exact) mass is 619 g/mol. The second-order valence-corrected chi connectivity index (χ2v) is 13.4. The molecule has 3 atom stereocenters. The molecule has 11 heteroatoms. The van der Waals surface area contributed by atoms with Crippen molar-refractivity contribution in [3.63, 3.8) is 0 Å². The molecule has 46 heavy (non-hydrogen) atoms. The van der Waals surface area contributed by atoms with Gasteiger partial charge in [0, 0.05) is 54.4 Å². The second kappa shape index (κ2) is 9.86. The zero-order chi connectivity index (χ0) is 31.4. The lowest BCUT2D eigenvalue weighted by Crippen LogP contribution is -2.41. The Hall–Kier alpha value is -4.77. The maximum Gasteiger partial charge on any atom is 0.254 e. The molecule has 5 heterocycles. The minimum Gasteiger partial charge on any atom is -0.494 e. The molecule has 2 aliphatic heterocycles. The molecule has 5 aromatic rings. The Morgan fingerprint density at radius 3 is 2.70 bits per heavy atom. The number of piperidine rings is 1. The highest BCUT2D eigenvalue weighted by Crippen LogP contribution is 2.41. The van der Waals surface area contributed by atoms with Crippen LogP contribution in [0.15, 0.2) is 42.5 Å². The van der Waals surface area contributed by atoms with Gasteiger partial charge in [-0.1, -0.05) is 0 Å². The summed E-state index contributed by atoms with van der Waals surface area (Å²) < 4.78 is 25.3. The van der Waals surface area contributed by atoms with Gasteiger partial charge >= 0.3 is 0 Å². The third kappa shape index (κ3) is 4.10. The van der Waals surface area contributed by atoms with Crippen molar-refractivity contribution in [2.75, 3.05) is 19.0 Å². The number of imidazole rings is 1. The van der Waals surface area contributed by atoms with Gasteiger partial charge in [0.25, 0.3) is 5.91 Å². The Labute approximate surface area is 264 Å². The Bertz CT molecular complexity index is 2130. The lowest BCUT2D eigenvalue weighted by molar-refractivity contribution is -0.115. The average Bonchev–Trinajstić information content (AvgIpc) is 3.24. The fourth-order valence-corrected chi connectivity index (χ4v) is 7.92. The summed E-state index contributed by atoms with van der Waals surface area (Å²) in [4.78, 5) is 37.7. The molecule has 2 aliphatic carbocycles. The molecule has 3 N–H and O–H groups in total. The number of carbonyl (C=O) groups excluding carboxylic acids is 2. The van der Waals surface area contributed by atoms with E-state index in [4.69, 9.17) is 20.4 Å². The highest BCUT2D eigenvalue weighted by atomic mass is 19.1. The third-order valence-corrected chi connectivity index (χ3v) is 10.5. The van der Waals surface area contributed by atoms with Crippen molar-refractivity contribution in [3.05, 3.63) is 59.4 Å². The van der Waals surface area contributed by atoms with Crippen LogP contribution in [0, 0.1) is 17.7 Å². The zero-order valence-corrected chi connectivity index (χ0v) is 25.7. The quantitative estimate of drug-likeness (QED) is 0.280. The van der Waals surface area contributed by atoms with Crippen LogP contribution in [0.2, 0.25) is 0 Å². The van der Waals surface area contributed by atoms with Gasteiger partial charge in [-0.15, -0.1) is 0 Å². The lowest BCUT2D eigenvalue weighted by Gasteiger charge is -2.27. The van der Waals surface area contributed by atoms with Gasteiger partial charge in [-0.2, -0.15) is 0 Å². The highest BCUT2D eigenvalue weighted by Gasteiger charge is 2.47. The second-order valence-electron chi connectivity index (χ2n) is 13.4. The number of hydrogen-bond acceptors (Lipinski definition) is 6. The number of carbonyl (C=O) groups is 2. The summed E-state index contributed by atoms with van der Waals surface area (Å²) in [5.74, 6) is 1.61. The first-order valence-electron chi connectivity index (χ1n) is 16.0. The molecule has 3 fully saturated rings. The van der Waals surface area contributed by atoms with E-state index in [1.54, 1.807) is 13.2 Å². The van der Waals surface area contributed by atoms with E-state index in [-0.39, 0.29) is 30.3 Å². The van der Waals surface area contributed by atoms with Crippen LogP contribution in [0.1, 0.15) is 41.6 Å². The number of benzene rings is 2. The lowest BCUT2D eigenvalue weighted by atomic mass is 10.0. The van der Waals surface area contributed by atoms with E-state index in [1.165, 1.54) is 6.07 Å². The molecule has 234 valence electrons. The predicted octanol–water partition coefficient (Wildman–Crippen LogP) is 4.87. The number of likely N-dealkylation sites (tertiary alicyclic amines) is 1. The van der Waals surface area contributed by atoms with Crippen molar-refractivity contribution in [1.82, 2.24) is 24.0 Å². The molecule has 1 saturated heterocycles. The molecule has 10 nitrogen and oxygen atoms in total. The summed E-state index contributed by atoms with van der Waals surface area (Å²) >= 11 is 0. The molecule has 2 bridgehead atoms.